The molecule has 4 heteroatoms. The molecule has 2 aromatic rings. The largest absolute Gasteiger partial charge is 0.326 e. The van der Waals surface area contributed by atoms with Crippen molar-refractivity contribution in [2.24, 2.45) is 0 Å². The minimum absolute atomic E-state index is 0.210. The summed E-state index contributed by atoms with van der Waals surface area (Å²) < 4.78 is 0. The van der Waals surface area contributed by atoms with E-state index >= 15 is 0 Å². The quantitative estimate of drug-likeness (QED) is 0.736. The van der Waals surface area contributed by atoms with Gasteiger partial charge in [0.25, 0.3) is 0 Å². The fraction of sp³-hybridized carbons (Fsp3) is 0.333. The van der Waals surface area contributed by atoms with Crippen LogP contribution in [0.25, 0.3) is 0 Å². The maximum atomic E-state index is 12.2. The maximum absolute atomic E-state index is 12.2. The number of rotatable bonds is 6. The highest BCUT2D eigenvalue weighted by Gasteiger charge is 2.13. The molecule has 2 rings (SSSR count). The smallest absolute Gasteiger partial charge is 0.233 e. The Kier molecular flexibility index (Phi) is 6.34. The number of carbonyl (C=O) groups is 2. The molecular formula is C21H26N2O2. The molecule has 0 radical (unpaired) electrons. The molecule has 0 aromatic heterocycles. The number of carbonyl (C=O) groups excluding carboxylic acids is 2. The molecule has 0 aliphatic carbocycles. The highest BCUT2D eigenvalue weighted by molar-refractivity contribution is 6.08. The van der Waals surface area contributed by atoms with Gasteiger partial charge in [-0.3, -0.25) is 9.59 Å². The predicted molar refractivity (Wildman–Crippen MR) is 103 cm³/mol. The molecule has 0 aliphatic rings. The zero-order chi connectivity index (χ0) is 18.4. The van der Waals surface area contributed by atoms with Crippen molar-refractivity contribution in [3.05, 3.63) is 59.7 Å². The lowest BCUT2D eigenvalue weighted by Crippen LogP contribution is -2.22. The van der Waals surface area contributed by atoms with Crippen LogP contribution in [0, 0.1) is 0 Å². The van der Waals surface area contributed by atoms with E-state index < -0.39 is 0 Å². The van der Waals surface area contributed by atoms with Crippen LogP contribution in [0.5, 0.6) is 0 Å². The first-order chi connectivity index (χ1) is 11.9. The van der Waals surface area contributed by atoms with Crippen molar-refractivity contribution >= 4 is 23.2 Å². The molecule has 0 heterocycles. The topological polar surface area (TPSA) is 58.2 Å². The minimum Gasteiger partial charge on any atom is -0.326 e. The molecular weight excluding hydrogens is 312 g/mol. The Morgan fingerprint density at radius 3 is 2.00 bits per heavy atom. The molecule has 0 saturated heterocycles. The fourth-order valence-electron chi connectivity index (χ4n) is 2.61. The van der Waals surface area contributed by atoms with Gasteiger partial charge in [0.1, 0.15) is 6.42 Å². The fourth-order valence-corrected chi connectivity index (χ4v) is 2.61. The summed E-state index contributed by atoms with van der Waals surface area (Å²) in [5.74, 6) is 0.0996. The van der Waals surface area contributed by atoms with Gasteiger partial charge in [0.15, 0.2) is 0 Å². The number of hydrogen-bond donors (Lipinski definition) is 2. The number of anilines is 2. The third-order valence-corrected chi connectivity index (χ3v) is 4.04. The molecule has 132 valence electrons. The number of benzene rings is 2. The third kappa shape index (κ3) is 5.45. The van der Waals surface area contributed by atoms with Crippen LogP contribution in [0.2, 0.25) is 0 Å². The molecule has 4 nitrogen and oxygen atoms in total. The lowest BCUT2D eigenvalue weighted by Gasteiger charge is -2.13. The second-order valence-electron chi connectivity index (χ2n) is 6.79. The number of amides is 2. The standard InChI is InChI=1S/C21H26N2O2/c1-14(2)16-9-11-17(12-10-16)22-20(24)13-21(25)23-19-8-6-5-7-18(19)15(3)4/h5-12,14-15H,13H2,1-4H3,(H,22,24)(H,23,25). The van der Waals surface area contributed by atoms with Crippen molar-refractivity contribution in [1.82, 2.24) is 0 Å². The Labute approximate surface area is 149 Å². The van der Waals surface area contributed by atoms with E-state index in [4.69, 9.17) is 0 Å². The first-order valence-electron chi connectivity index (χ1n) is 8.65. The number of hydrogen-bond acceptors (Lipinski definition) is 2. The van der Waals surface area contributed by atoms with E-state index in [1.54, 1.807) is 0 Å². The Morgan fingerprint density at radius 1 is 0.800 bits per heavy atom. The van der Waals surface area contributed by atoms with Crippen LogP contribution in [-0.2, 0) is 9.59 Å². The van der Waals surface area contributed by atoms with Gasteiger partial charge in [-0.2, -0.15) is 0 Å². The summed E-state index contributed by atoms with van der Waals surface area (Å²) in [5, 5.41) is 5.60. The second-order valence-corrected chi connectivity index (χ2v) is 6.79. The summed E-state index contributed by atoms with van der Waals surface area (Å²) in [4.78, 5) is 24.2. The van der Waals surface area contributed by atoms with Crippen LogP contribution >= 0.6 is 0 Å². The Bertz CT molecular complexity index is 734. The van der Waals surface area contributed by atoms with E-state index in [1.807, 2.05) is 48.5 Å². The van der Waals surface area contributed by atoms with Crippen molar-refractivity contribution in [1.29, 1.82) is 0 Å². The van der Waals surface area contributed by atoms with Crippen molar-refractivity contribution in [2.45, 2.75) is 46.0 Å². The molecule has 0 atom stereocenters. The maximum Gasteiger partial charge on any atom is 0.233 e. The Morgan fingerprint density at radius 2 is 1.40 bits per heavy atom. The lowest BCUT2D eigenvalue weighted by molar-refractivity contribution is -0.123. The van der Waals surface area contributed by atoms with E-state index in [0.717, 1.165) is 11.3 Å². The van der Waals surface area contributed by atoms with Crippen molar-refractivity contribution in [3.63, 3.8) is 0 Å². The molecule has 0 unspecified atom stereocenters. The molecule has 0 spiro atoms. The average Bonchev–Trinajstić information content (AvgIpc) is 2.55. The molecule has 2 N–H and O–H groups in total. The van der Waals surface area contributed by atoms with E-state index in [2.05, 4.69) is 38.3 Å². The van der Waals surface area contributed by atoms with Crippen LogP contribution < -0.4 is 10.6 Å². The van der Waals surface area contributed by atoms with Crippen LogP contribution in [-0.4, -0.2) is 11.8 Å². The van der Waals surface area contributed by atoms with Gasteiger partial charge in [-0.1, -0.05) is 58.0 Å². The summed E-state index contributed by atoms with van der Waals surface area (Å²) >= 11 is 0. The van der Waals surface area contributed by atoms with Gasteiger partial charge in [-0.05, 0) is 41.2 Å². The van der Waals surface area contributed by atoms with Crippen LogP contribution in [0.4, 0.5) is 11.4 Å². The molecule has 2 amide bonds. The molecule has 0 bridgehead atoms. The number of nitrogens with one attached hydrogen (secondary N) is 2. The first-order valence-corrected chi connectivity index (χ1v) is 8.65. The minimum atomic E-state index is -0.322. The van der Waals surface area contributed by atoms with Crippen LogP contribution in [0.15, 0.2) is 48.5 Å². The summed E-state index contributed by atoms with van der Waals surface area (Å²) in [6, 6.07) is 15.3. The van der Waals surface area contributed by atoms with Gasteiger partial charge >= 0.3 is 0 Å². The second kappa shape index (κ2) is 8.47. The highest BCUT2D eigenvalue weighted by atomic mass is 16.2. The van der Waals surface area contributed by atoms with E-state index in [-0.39, 0.29) is 18.2 Å². The zero-order valence-corrected chi connectivity index (χ0v) is 15.3. The first kappa shape index (κ1) is 18.7. The summed E-state index contributed by atoms with van der Waals surface area (Å²) in [6.45, 7) is 8.37. The SMILES string of the molecule is CC(C)c1ccc(NC(=O)CC(=O)Nc2ccccc2C(C)C)cc1. The molecule has 0 fully saturated rings. The molecule has 0 aliphatic heterocycles. The van der Waals surface area contributed by atoms with Crippen molar-refractivity contribution < 1.29 is 9.59 Å². The average molecular weight is 338 g/mol. The van der Waals surface area contributed by atoms with Gasteiger partial charge in [0.2, 0.25) is 11.8 Å². The molecule has 25 heavy (non-hydrogen) atoms. The van der Waals surface area contributed by atoms with Gasteiger partial charge in [-0.25, -0.2) is 0 Å². The van der Waals surface area contributed by atoms with E-state index in [0.29, 0.717) is 17.5 Å². The molecule has 2 aromatic carbocycles. The molecule has 0 saturated carbocycles. The van der Waals surface area contributed by atoms with Crippen LogP contribution in [0.3, 0.4) is 0 Å². The zero-order valence-electron chi connectivity index (χ0n) is 15.3. The van der Waals surface area contributed by atoms with Gasteiger partial charge in [0.05, 0.1) is 0 Å². The number of para-hydroxylation sites is 1. The summed E-state index contributed by atoms with van der Waals surface area (Å²) in [7, 11) is 0. The monoisotopic (exact) mass is 338 g/mol. The van der Waals surface area contributed by atoms with Gasteiger partial charge < -0.3 is 10.6 Å². The highest BCUT2D eigenvalue weighted by Crippen LogP contribution is 2.23. The summed E-state index contributed by atoms with van der Waals surface area (Å²) in [5.41, 5.74) is 3.72. The van der Waals surface area contributed by atoms with Gasteiger partial charge in [-0.15, -0.1) is 0 Å². The van der Waals surface area contributed by atoms with E-state index in [1.165, 1.54) is 5.56 Å². The lowest BCUT2D eigenvalue weighted by atomic mass is 10.0. The third-order valence-electron chi connectivity index (χ3n) is 4.04. The van der Waals surface area contributed by atoms with Crippen molar-refractivity contribution in [3.8, 4) is 0 Å². The Hall–Kier alpha value is -2.62. The predicted octanol–water partition coefficient (Wildman–Crippen LogP) is 4.90. The normalized spacial score (nSPS) is 10.8. The van der Waals surface area contributed by atoms with Gasteiger partial charge in [0, 0.05) is 11.4 Å². The Balaban J connectivity index is 1.93. The van der Waals surface area contributed by atoms with Crippen molar-refractivity contribution in [2.75, 3.05) is 10.6 Å². The van der Waals surface area contributed by atoms with E-state index in [9.17, 15) is 9.59 Å². The van der Waals surface area contributed by atoms with Crippen LogP contribution in [0.1, 0.15) is 57.1 Å². The summed E-state index contributed by atoms with van der Waals surface area (Å²) in [6.07, 6.45) is -0.210.